The van der Waals surface area contributed by atoms with Gasteiger partial charge in [0, 0.05) is 23.8 Å². The van der Waals surface area contributed by atoms with Crippen molar-refractivity contribution in [2.75, 3.05) is 17.2 Å². The summed E-state index contributed by atoms with van der Waals surface area (Å²) in [6, 6.07) is 4.00. The van der Waals surface area contributed by atoms with E-state index in [1.54, 1.807) is 12.4 Å². The van der Waals surface area contributed by atoms with Crippen molar-refractivity contribution in [3.05, 3.63) is 46.7 Å². The van der Waals surface area contributed by atoms with Gasteiger partial charge in [0.15, 0.2) is 17.2 Å². The summed E-state index contributed by atoms with van der Waals surface area (Å²) in [7, 11) is 0. The van der Waals surface area contributed by atoms with Crippen LogP contribution in [0.3, 0.4) is 0 Å². The number of rotatable bonds is 7. The lowest BCUT2D eigenvalue weighted by Crippen LogP contribution is -2.26. The SMILES string of the molecule is Cc1cn(CC(=O)OC(C)(C)C)nc1Nc1ncc(C(=O)Nc2c(C)ccc3c2cnn3C2CCCCO2)s1. The lowest BCUT2D eigenvalue weighted by atomic mass is 10.1. The van der Waals surface area contributed by atoms with Crippen LogP contribution in [0, 0.1) is 13.8 Å². The molecular weight excluding hydrogens is 518 g/mol. The summed E-state index contributed by atoms with van der Waals surface area (Å²) >= 11 is 1.22. The van der Waals surface area contributed by atoms with Gasteiger partial charge in [-0.05, 0) is 65.5 Å². The third kappa shape index (κ3) is 6.12. The van der Waals surface area contributed by atoms with Gasteiger partial charge in [-0.3, -0.25) is 14.3 Å². The number of hydrogen-bond acceptors (Lipinski definition) is 9. The largest absolute Gasteiger partial charge is 0.459 e. The van der Waals surface area contributed by atoms with Gasteiger partial charge < -0.3 is 20.1 Å². The molecule has 2 N–H and O–H groups in total. The molecule has 0 aliphatic carbocycles. The fourth-order valence-corrected chi connectivity index (χ4v) is 5.20. The van der Waals surface area contributed by atoms with Crippen LogP contribution in [0.5, 0.6) is 0 Å². The number of nitrogens with zero attached hydrogens (tertiary/aromatic N) is 5. The van der Waals surface area contributed by atoms with Crippen molar-refractivity contribution in [3.8, 4) is 0 Å². The molecule has 11 nitrogen and oxygen atoms in total. The van der Waals surface area contributed by atoms with E-state index in [2.05, 4.69) is 25.8 Å². The van der Waals surface area contributed by atoms with Gasteiger partial charge in [0.1, 0.15) is 17.0 Å². The molecule has 5 rings (SSSR count). The highest BCUT2D eigenvalue weighted by atomic mass is 32.1. The summed E-state index contributed by atoms with van der Waals surface area (Å²) in [5, 5.41) is 16.6. The number of benzene rings is 1. The minimum Gasteiger partial charge on any atom is -0.459 e. The first-order valence-corrected chi connectivity index (χ1v) is 13.8. The maximum atomic E-state index is 13.2. The third-order valence-electron chi connectivity index (χ3n) is 6.27. The summed E-state index contributed by atoms with van der Waals surface area (Å²) in [5.41, 5.74) is 2.85. The molecule has 12 heteroatoms. The van der Waals surface area contributed by atoms with Gasteiger partial charge in [-0.2, -0.15) is 10.2 Å². The average molecular weight is 552 g/mol. The summed E-state index contributed by atoms with van der Waals surface area (Å²) in [4.78, 5) is 30.2. The third-order valence-corrected chi connectivity index (χ3v) is 7.18. The van der Waals surface area contributed by atoms with Gasteiger partial charge in [-0.1, -0.05) is 17.4 Å². The summed E-state index contributed by atoms with van der Waals surface area (Å²) in [6.07, 6.45) is 8.07. The van der Waals surface area contributed by atoms with Crippen molar-refractivity contribution in [1.29, 1.82) is 0 Å². The second-order valence-electron chi connectivity index (χ2n) is 10.7. The maximum absolute atomic E-state index is 13.2. The molecule has 1 unspecified atom stereocenters. The van der Waals surface area contributed by atoms with E-state index >= 15 is 0 Å². The molecule has 206 valence electrons. The van der Waals surface area contributed by atoms with Crippen molar-refractivity contribution >= 4 is 50.8 Å². The van der Waals surface area contributed by atoms with Crippen molar-refractivity contribution < 1.29 is 19.1 Å². The number of anilines is 3. The monoisotopic (exact) mass is 551 g/mol. The zero-order valence-electron chi connectivity index (χ0n) is 22.8. The average Bonchev–Trinajstić information content (AvgIpc) is 3.59. The molecule has 39 heavy (non-hydrogen) atoms. The molecule has 0 radical (unpaired) electrons. The van der Waals surface area contributed by atoms with E-state index in [1.807, 2.05) is 51.4 Å². The van der Waals surface area contributed by atoms with Crippen molar-refractivity contribution in [3.63, 3.8) is 0 Å². The number of fused-ring (bicyclic) bond motifs is 1. The first-order chi connectivity index (χ1) is 18.6. The Balaban J connectivity index is 1.28. The van der Waals surface area contributed by atoms with Crippen molar-refractivity contribution in [1.82, 2.24) is 24.5 Å². The molecule has 1 fully saturated rings. The molecule has 1 aliphatic heterocycles. The van der Waals surface area contributed by atoms with Gasteiger partial charge in [0.05, 0.1) is 23.6 Å². The quantitative estimate of drug-likeness (QED) is 0.295. The number of aromatic nitrogens is 5. The Labute approximate surface area is 230 Å². The smallest absolute Gasteiger partial charge is 0.328 e. The lowest BCUT2D eigenvalue weighted by molar-refractivity contribution is -0.155. The highest BCUT2D eigenvalue weighted by molar-refractivity contribution is 7.17. The number of esters is 1. The molecular formula is C27H33N7O4S. The van der Waals surface area contributed by atoms with E-state index in [4.69, 9.17) is 9.47 Å². The van der Waals surface area contributed by atoms with Gasteiger partial charge in [0.25, 0.3) is 5.91 Å². The molecule has 1 atom stereocenters. The number of nitrogens with one attached hydrogen (secondary N) is 2. The van der Waals surface area contributed by atoms with Crippen LogP contribution in [0.25, 0.3) is 10.9 Å². The molecule has 4 aromatic rings. The van der Waals surface area contributed by atoms with Gasteiger partial charge in [-0.25, -0.2) is 9.67 Å². The molecule has 1 aromatic carbocycles. The molecule has 1 saturated heterocycles. The molecule has 1 aliphatic rings. The molecule has 0 spiro atoms. The first kappa shape index (κ1) is 26.8. The molecule has 1 amide bonds. The van der Waals surface area contributed by atoms with Gasteiger partial charge in [0.2, 0.25) is 0 Å². The second kappa shape index (κ2) is 10.8. The molecule has 0 bridgehead atoms. The number of carbonyl (C=O) groups excluding carboxylic acids is 2. The highest BCUT2D eigenvalue weighted by Crippen LogP contribution is 2.32. The Kier molecular flexibility index (Phi) is 7.41. The summed E-state index contributed by atoms with van der Waals surface area (Å²) in [5.74, 6) is -0.0744. The topological polar surface area (TPSA) is 125 Å². The normalized spacial score (nSPS) is 15.9. The van der Waals surface area contributed by atoms with Gasteiger partial charge >= 0.3 is 5.97 Å². The zero-order chi connectivity index (χ0) is 27.7. The van der Waals surface area contributed by atoms with E-state index in [-0.39, 0.29) is 24.6 Å². The number of thiazole rings is 1. The van der Waals surface area contributed by atoms with Crippen LogP contribution in [-0.4, -0.2) is 48.6 Å². The Morgan fingerprint density at radius 2 is 2.00 bits per heavy atom. The highest BCUT2D eigenvalue weighted by Gasteiger charge is 2.22. The van der Waals surface area contributed by atoms with E-state index < -0.39 is 5.60 Å². The van der Waals surface area contributed by atoms with Crippen LogP contribution in [0.2, 0.25) is 0 Å². The fourth-order valence-electron chi connectivity index (χ4n) is 4.49. The minimum atomic E-state index is -0.563. The fraction of sp³-hybridized carbons (Fsp3) is 0.444. The first-order valence-electron chi connectivity index (χ1n) is 13.0. The van der Waals surface area contributed by atoms with Crippen LogP contribution in [0.15, 0.2) is 30.7 Å². The number of carbonyl (C=O) groups is 2. The predicted molar refractivity (Wildman–Crippen MR) is 149 cm³/mol. The number of aryl methyl sites for hydroxylation is 2. The minimum absolute atomic E-state index is 0.000330. The van der Waals surface area contributed by atoms with Crippen molar-refractivity contribution in [2.45, 2.75) is 72.3 Å². The van der Waals surface area contributed by atoms with Crippen LogP contribution < -0.4 is 10.6 Å². The van der Waals surface area contributed by atoms with E-state index in [1.165, 1.54) is 22.2 Å². The van der Waals surface area contributed by atoms with Crippen LogP contribution in [-0.2, 0) is 20.8 Å². The Morgan fingerprint density at radius 3 is 2.74 bits per heavy atom. The lowest BCUT2D eigenvalue weighted by Gasteiger charge is -2.23. The number of hydrogen-bond donors (Lipinski definition) is 2. The standard InChI is InChI=1S/C27H33N7O4S/c1-16-9-10-19-18(12-29-34(19)21-8-6-7-11-37-21)23(16)30-25(36)20-13-28-26(39-20)31-24-17(2)14-33(32-24)15-22(35)38-27(3,4)5/h9-10,12-14,21H,6-8,11,15H2,1-5H3,(H,30,36)(H,28,31,32). The van der Waals surface area contributed by atoms with Crippen LogP contribution in [0.4, 0.5) is 16.6 Å². The molecule has 3 aromatic heterocycles. The molecule has 4 heterocycles. The summed E-state index contributed by atoms with van der Waals surface area (Å²) < 4.78 is 14.7. The predicted octanol–water partition coefficient (Wildman–Crippen LogP) is 5.34. The zero-order valence-corrected chi connectivity index (χ0v) is 23.6. The maximum Gasteiger partial charge on any atom is 0.328 e. The number of ether oxygens (including phenoxy) is 2. The van der Waals surface area contributed by atoms with Gasteiger partial charge in [-0.15, -0.1) is 0 Å². The van der Waals surface area contributed by atoms with E-state index in [9.17, 15) is 9.59 Å². The second-order valence-corrected chi connectivity index (χ2v) is 11.7. The van der Waals surface area contributed by atoms with E-state index in [0.717, 1.165) is 53.6 Å². The molecule has 0 saturated carbocycles. The van der Waals surface area contributed by atoms with E-state index in [0.29, 0.717) is 15.8 Å². The Hall–Kier alpha value is -3.77. The van der Waals surface area contributed by atoms with Crippen molar-refractivity contribution in [2.24, 2.45) is 0 Å². The Bertz CT molecular complexity index is 1510. The Morgan fingerprint density at radius 1 is 1.18 bits per heavy atom. The van der Waals surface area contributed by atoms with Crippen LogP contribution >= 0.6 is 11.3 Å². The summed E-state index contributed by atoms with van der Waals surface area (Å²) in [6.45, 7) is 10.0. The number of amides is 1. The van der Waals surface area contributed by atoms with Crippen LogP contribution in [0.1, 0.15) is 67.1 Å².